The molecule has 0 saturated heterocycles. The van der Waals surface area contributed by atoms with Crippen LogP contribution in [0.1, 0.15) is 6.42 Å². The van der Waals surface area contributed by atoms with Crippen molar-refractivity contribution in [1.82, 2.24) is 4.90 Å². The van der Waals surface area contributed by atoms with Gasteiger partial charge in [0.1, 0.15) is 4.32 Å². The summed E-state index contributed by atoms with van der Waals surface area (Å²) in [4.78, 5) is 1.88. The maximum atomic E-state index is 5.12. The van der Waals surface area contributed by atoms with Crippen molar-refractivity contribution in [2.75, 3.05) is 41.5 Å². The lowest BCUT2D eigenvalue weighted by Crippen LogP contribution is -2.38. The van der Waals surface area contributed by atoms with Crippen LogP contribution in [0.5, 0.6) is 0 Å². The van der Waals surface area contributed by atoms with E-state index in [4.69, 9.17) is 31.2 Å². The molecule has 0 aliphatic rings. The van der Waals surface area contributed by atoms with Gasteiger partial charge in [-0.05, 0) is 0 Å². The van der Waals surface area contributed by atoms with Gasteiger partial charge in [0, 0.05) is 41.4 Å². The molecule has 0 aliphatic heterocycles. The molecule has 102 valence electrons. The molecule has 17 heavy (non-hydrogen) atoms. The number of ether oxygens (including phenoxy) is 4. The van der Waals surface area contributed by atoms with Gasteiger partial charge in [0.05, 0.1) is 6.54 Å². The minimum atomic E-state index is -0.330. The Kier molecular flexibility index (Phi) is 10.1. The summed E-state index contributed by atoms with van der Waals surface area (Å²) in [6.45, 7) is 1.19. The molecule has 7 heteroatoms. The van der Waals surface area contributed by atoms with Crippen LogP contribution >= 0.6 is 24.8 Å². The van der Waals surface area contributed by atoms with Crippen molar-refractivity contribution in [2.24, 2.45) is 0 Å². The third-order valence-electron chi connectivity index (χ3n) is 2.33. The first kappa shape index (κ1) is 17.1. The predicted octanol–water partition coefficient (Wildman–Crippen LogP) is 1.13. The predicted molar refractivity (Wildman–Crippen MR) is 73.4 cm³/mol. The van der Waals surface area contributed by atoms with Gasteiger partial charge in [-0.1, -0.05) is 12.2 Å². The lowest BCUT2D eigenvalue weighted by Gasteiger charge is -2.27. The van der Waals surface area contributed by atoms with E-state index in [2.05, 4.69) is 12.6 Å². The second kappa shape index (κ2) is 10.0. The average Bonchev–Trinajstić information content (AvgIpc) is 2.33. The van der Waals surface area contributed by atoms with E-state index in [1.807, 2.05) is 4.90 Å². The van der Waals surface area contributed by atoms with Crippen molar-refractivity contribution in [1.29, 1.82) is 0 Å². The Balaban J connectivity index is 4.19. The smallest absolute Gasteiger partial charge is 0.174 e. The van der Waals surface area contributed by atoms with Gasteiger partial charge in [0.25, 0.3) is 0 Å². The zero-order valence-electron chi connectivity index (χ0n) is 10.7. The van der Waals surface area contributed by atoms with E-state index < -0.39 is 0 Å². The zero-order chi connectivity index (χ0) is 13.3. The monoisotopic (exact) mass is 283 g/mol. The number of hydrogen-bond donors (Lipinski definition) is 1. The van der Waals surface area contributed by atoms with E-state index >= 15 is 0 Å². The molecule has 0 N–H and O–H groups in total. The molecule has 0 radical (unpaired) electrons. The Labute approximate surface area is 114 Å². The molecule has 0 heterocycles. The summed E-state index contributed by atoms with van der Waals surface area (Å²) in [7, 11) is 6.37. The van der Waals surface area contributed by atoms with Crippen LogP contribution in [0.25, 0.3) is 0 Å². The highest BCUT2D eigenvalue weighted by atomic mass is 32.1. The summed E-state index contributed by atoms with van der Waals surface area (Å²) < 4.78 is 20.9. The van der Waals surface area contributed by atoms with Crippen LogP contribution in [0.15, 0.2) is 0 Å². The van der Waals surface area contributed by atoms with E-state index in [0.29, 0.717) is 23.8 Å². The van der Waals surface area contributed by atoms with Crippen LogP contribution in [0.3, 0.4) is 0 Å². The lowest BCUT2D eigenvalue weighted by atomic mass is 10.3. The first-order valence-electron chi connectivity index (χ1n) is 5.18. The van der Waals surface area contributed by atoms with Crippen LogP contribution in [0.4, 0.5) is 0 Å². The summed E-state index contributed by atoms with van der Waals surface area (Å²) >= 11 is 9.22. The van der Waals surface area contributed by atoms with Crippen molar-refractivity contribution >= 4 is 29.2 Å². The summed E-state index contributed by atoms with van der Waals surface area (Å²) in [5.74, 6) is 0. The van der Waals surface area contributed by atoms with Crippen molar-refractivity contribution in [3.63, 3.8) is 0 Å². The largest absolute Gasteiger partial charge is 0.356 e. The fraction of sp³-hybridized carbons (Fsp3) is 0.900. The van der Waals surface area contributed by atoms with E-state index in [1.165, 1.54) is 0 Å². The Hall–Kier alpha value is 0.0800. The highest BCUT2D eigenvalue weighted by Gasteiger charge is 2.16. The van der Waals surface area contributed by atoms with Crippen LogP contribution < -0.4 is 0 Å². The van der Waals surface area contributed by atoms with Crippen LogP contribution in [0, 0.1) is 0 Å². The molecule has 0 amide bonds. The first-order chi connectivity index (χ1) is 8.08. The first-order valence-corrected chi connectivity index (χ1v) is 6.03. The van der Waals surface area contributed by atoms with Crippen LogP contribution in [-0.2, 0) is 18.9 Å². The maximum absolute atomic E-state index is 5.12. The normalized spacial score (nSPS) is 11.2. The Morgan fingerprint density at radius 3 is 1.88 bits per heavy atom. The standard InChI is InChI=1S/C10H21NO4S2/c1-12-8(13-2)5-6-11(10(16)17)7-9(14-3)15-4/h8-9H,5-7H2,1-4H3,(H,16,17). The average molecular weight is 283 g/mol. The molecule has 0 aliphatic carbocycles. The van der Waals surface area contributed by atoms with Crippen LogP contribution in [-0.4, -0.2) is 63.3 Å². The van der Waals surface area contributed by atoms with Crippen molar-refractivity contribution in [2.45, 2.75) is 19.0 Å². The molecule has 0 saturated carbocycles. The minimum Gasteiger partial charge on any atom is -0.356 e. The quantitative estimate of drug-likeness (QED) is 0.389. The number of rotatable bonds is 9. The van der Waals surface area contributed by atoms with Gasteiger partial charge < -0.3 is 23.8 Å². The van der Waals surface area contributed by atoms with E-state index in [-0.39, 0.29) is 12.6 Å². The van der Waals surface area contributed by atoms with Gasteiger partial charge in [-0.25, -0.2) is 0 Å². The summed E-state index contributed by atoms with van der Waals surface area (Å²) in [5.41, 5.74) is 0. The Bertz CT molecular complexity index is 210. The van der Waals surface area contributed by atoms with Gasteiger partial charge in [-0.3, -0.25) is 0 Å². The number of methoxy groups -OCH3 is 4. The minimum absolute atomic E-state index is 0.247. The van der Waals surface area contributed by atoms with Gasteiger partial charge in [0.15, 0.2) is 12.6 Å². The fourth-order valence-electron chi connectivity index (χ4n) is 1.28. The molecule has 0 rings (SSSR count). The number of thiocarbonyl (C=S) groups is 1. The number of nitrogens with zero attached hydrogens (tertiary/aromatic N) is 1. The van der Waals surface area contributed by atoms with Gasteiger partial charge in [-0.2, -0.15) is 0 Å². The zero-order valence-corrected chi connectivity index (χ0v) is 12.4. The summed E-state index contributed by atoms with van der Waals surface area (Å²) in [5, 5.41) is 0. The molecule has 0 atom stereocenters. The molecule has 0 aromatic rings. The molecular weight excluding hydrogens is 262 g/mol. The highest BCUT2D eigenvalue weighted by Crippen LogP contribution is 2.06. The molecule has 0 spiro atoms. The van der Waals surface area contributed by atoms with E-state index in [1.54, 1.807) is 28.4 Å². The van der Waals surface area contributed by atoms with Gasteiger partial charge in [-0.15, -0.1) is 12.6 Å². The third kappa shape index (κ3) is 7.17. The van der Waals surface area contributed by atoms with E-state index in [9.17, 15) is 0 Å². The highest BCUT2D eigenvalue weighted by molar-refractivity contribution is 8.10. The molecule has 5 nitrogen and oxygen atoms in total. The molecule has 0 fully saturated rings. The van der Waals surface area contributed by atoms with Gasteiger partial charge >= 0.3 is 0 Å². The molecule has 0 aromatic heterocycles. The lowest BCUT2D eigenvalue weighted by molar-refractivity contribution is -0.119. The molecule has 0 aromatic carbocycles. The van der Waals surface area contributed by atoms with Crippen molar-refractivity contribution in [3.8, 4) is 0 Å². The topological polar surface area (TPSA) is 40.2 Å². The molecule has 0 bridgehead atoms. The van der Waals surface area contributed by atoms with Crippen LogP contribution in [0.2, 0.25) is 0 Å². The maximum Gasteiger partial charge on any atom is 0.174 e. The fourth-order valence-corrected chi connectivity index (χ4v) is 1.63. The SMILES string of the molecule is COC(CCN(CC(OC)OC)C(=S)S)OC. The third-order valence-corrected chi connectivity index (χ3v) is 2.87. The molecule has 0 unspecified atom stereocenters. The second-order valence-corrected chi connectivity index (χ2v) is 4.43. The Morgan fingerprint density at radius 2 is 1.53 bits per heavy atom. The van der Waals surface area contributed by atoms with E-state index in [0.717, 1.165) is 0 Å². The summed E-state index contributed by atoms with van der Waals surface area (Å²) in [6, 6.07) is 0. The second-order valence-electron chi connectivity index (χ2n) is 3.32. The van der Waals surface area contributed by atoms with Crippen molar-refractivity contribution in [3.05, 3.63) is 0 Å². The molecular formula is C10H21NO4S2. The van der Waals surface area contributed by atoms with Gasteiger partial charge in [0.2, 0.25) is 0 Å². The summed E-state index contributed by atoms with van der Waals surface area (Å²) in [6.07, 6.45) is 0.112. The number of hydrogen-bond acceptors (Lipinski definition) is 5. The Morgan fingerprint density at radius 1 is 1.06 bits per heavy atom. The van der Waals surface area contributed by atoms with Crippen molar-refractivity contribution < 1.29 is 18.9 Å². The number of thiol groups is 1.